The highest BCUT2D eigenvalue weighted by Crippen LogP contribution is 2.34. The normalized spacial score (nSPS) is 17.9. The Balaban J connectivity index is 2.43. The van der Waals surface area contributed by atoms with Gasteiger partial charge < -0.3 is 4.74 Å². The number of hydrogen-bond acceptors (Lipinski definition) is 7. The molecular formula is C33H49N3O5. The molecule has 1 aromatic rings. The second kappa shape index (κ2) is 17.6. The molecule has 0 bridgehead atoms. The number of nitrogens with one attached hydrogen (secondary N) is 1. The van der Waals surface area contributed by atoms with Crippen molar-refractivity contribution in [2.45, 2.75) is 112 Å². The minimum Gasteiger partial charge on any atom is -0.462 e. The predicted octanol–water partition coefficient (Wildman–Crippen LogP) is 7.69. The summed E-state index contributed by atoms with van der Waals surface area (Å²) in [7, 11) is 0. The molecule has 0 spiro atoms. The number of unbranched alkanes of at least 4 members (excludes halogenated alkanes) is 2. The maximum Gasteiger partial charge on any atom is 0.343 e. The Morgan fingerprint density at radius 2 is 1.51 bits per heavy atom. The molecule has 1 N–H and O–H groups in total. The zero-order chi connectivity index (χ0) is 30.4. The Morgan fingerprint density at radius 1 is 0.927 bits per heavy atom. The van der Waals surface area contributed by atoms with Crippen LogP contribution in [0.3, 0.4) is 0 Å². The summed E-state index contributed by atoms with van der Waals surface area (Å²) in [5.74, 6) is -1.38. The Kier molecular flexibility index (Phi) is 14.6. The van der Waals surface area contributed by atoms with Crippen molar-refractivity contribution in [3.05, 3.63) is 41.0 Å². The van der Waals surface area contributed by atoms with E-state index in [0.29, 0.717) is 23.1 Å². The Bertz CT molecular complexity index is 1090. The molecular weight excluding hydrogens is 518 g/mol. The van der Waals surface area contributed by atoms with Crippen molar-refractivity contribution in [2.24, 2.45) is 28.0 Å². The molecule has 2 amide bonds. The molecule has 0 aromatic heterocycles. The van der Waals surface area contributed by atoms with Crippen molar-refractivity contribution in [1.29, 1.82) is 0 Å². The van der Waals surface area contributed by atoms with Gasteiger partial charge in [0.05, 0.1) is 12.3 Å². The smallest absolute Gasteiger partial charge is 0.343 e. The van der Waals surface area contributed by atoms with Crippen LogP contribution in [0, 0.1) is 17.8 Å². The third kappa shape index (κ3) is 9.72. The number of ketones is 1. The number of rotatable bonds is 18. The quantitative estimate of drug-likeness (QED) is 0.0642. The molecule has 2 rings (SSSR count). The van der Waals surface area contributed by atoms with E-state index in [2.05, 4.69) is 43.2 Å². The van der Waals surface area contributed by atoms with E-state index >= 15 is 0 Å². The highest BCUT2D eigenvalue weighted by Gasteiger charge is 2.37. The van der Waals surface area contributed by atoms with Crippen molar-refractivity contribution < 1.29 is 23.9 Å². The highest BCUT2D eigenvalue weighted by atomic mass is 16.5. The van der Waals surface area contributed by atoms with E-state index in [9.17, 15) is 19.2 Å². The van der Waals surface area contributed by atoms with Gasteiger partial charge in [0.25, 0.3) is 11.8 Å². The monoisotopic (exact) mass is 567 g/mol. The fraction of sp³-hybridized carbons (Fsp3) is 0.636. The van der Waals surface area contributed by atoms with E-state index in [0.717, 1.165) is 64.2 Å². The number of esters is 1. The molecule has 1 heterocycles. The van der Waals surface area contributed by atoms with Gasteiger partial charge in [0.1, 0.15) is 5.57 Å². The number of carbonyl (C=O) groups excluding carboxylic acids is 4. The molecule has 8 nitrogen and oxygen atoms in total. The molecule has 1 aliphatic heterocycles. The van der Waals surface area contributed by atoms with Crippen molar-refractivity contribution in [3.8, 4) is 0 Å². The minimum absolute atomic E-state index is 0.0622. The molecule has 1 aromatic carbocycles. The van der Waals surface area contributed by atoms with Gasteiger partial charge in [-0.25, -0.2) is 4.79 Å². The van der Waals surface area contributed by atoms with E-state index in [1.54, 1.807) is 25.1 Å². The molecule has 3 unspecified atom stereocenters. The van der Waals surface area contributed by atoms with Crippen LogP contribution >= 0.6 is 0 Å². The number of hydrogen-bond donors (Lipinski definition) is 1. The first-order valence-corrected chi connectivity index (χ1v) is 15.5. The van der Waals surface area contributed by atoms with Gasteiger partial charge in [-0.1, -0.05) is 91.2 Å². The summed E-state index contributed by atoms with van der Waals surface area (Å²) < 4.78 is 4.99. The third-order valence-corrected chi connectivity index (χ3v) is 8.14. The van der Waals surface area contributed by atoms with E-state index < -0.39 is 23.8 Å². The van der Waals surface area contributed by atoms with Crippen LogP contribution in [-0.4, -0.2) is 36.2 Å². The molecule has 0 saturated carbocycles. The molecule has 8 heteroatoms. The van der Waals surface area contributed by atoms with Gasteiger partial charge in [0.2, 0.25) is 0 Å². The first kappa shape index (κ1) is 34.0. The number of carbonyl (C=O) groups is 4. The highest BCUT2D eigenvalue weighted by molar-refractivity contribution is 6.24. The summed E-state index contributed by atoms with van der Waals surface area (Å²) in [6.45, 7) is 12.0. The SMILES string of the molecule is CCCCC(CC)CC(CC(CC)CCCC)C(=O)c1ccccc1N=NC1C(=O)NC(=O)C(C(=O)OCC)=C1C. The topological polar surface area (TPSA) is 114 Å². The summed E-state index contributed by atoms with van der Waals surface area (Å²) in [6.07, 6.45) is 10.6. The molecule has 0 radical (unpaired) electrons. The van der Waals surface area contributed by atoms with Gasteiger partial charge in [0, 0.05) is 11.5 Å². The number of ether oxygens (including phenoxy) is 1. The van der Waals surface area contributed by atoms with Gasteiger partial charge in [-0.05, 0) is 56.2 Å². The lowest BCUT2D eigenvalue weighted by Gasteiger charge is -2.26. The first-order chi connectivity index (χ1) is 19.7. The third-order valence-electron chi connectivity index (χ3n) is 8.14. The van der Waals surface area contributed by atoms with Crippen molar-refractivity contribution in [1.82, 2.24) is 5.32 Å². The number of azo groups is 1. The Morgan fingerprint density at radius 3 is 2.05 bits per heavy atom. The Labute approximate surface area is 245 Å². The van der Waals surface area contributed by atoms with Crippen molar-refractivity contribution in [3.63, 3.8) is 0 Å². The van der Waals surface area contributed by atoms with Crippen molar-refractivity contribution in [2.75, 3.05) is 6.61 Å². The van der Waals surface area contributed by atoms with E-state index in [4.69, 9.17) is 4.74 Å². The number of imide groups is 1. The predicted molar refractivity (Wildman–Crippen MR) is 161 cm³/mol. The van der Waals surface area contributed by atoms with E-state index in [1.165, 1.54) is 6.92 Å². The summed E-state index contributed by atoms with van der Waals surface area (Å²) in [5.41, 5.74) is 0.790. The number of amides is 2. The lowest BCUT2D eigenvalue weighted by Crippen LogP contribution is -2.46. The van der Waals surface area contributed by atoms with Crippen LogP contribution in [0.2, 0.25) is 0 Å². The van der Waals surface area contributed by atoms with E-state index in [1.807, 2.05) is 6.07 Å². The summed E-state index contributed by atoms with van der Waals surface area (Å²) in [6, 6.07) is 5.92. The Hall–Kier alpha value is -3.16. The van der Waals surface area contributed by atoms with Gasteiger partial charge in [-0.15, -0.1) is 0 Å². The van der Waals surface area contributed by atoms with Gasteiger partial charge in [0.15, 0.2) is 11.8 Å². The number of Topliss-reactive ketones (excluding diaryl/α,β-unsaturated/α-hetero) is 1. The molecule has 0 aliphatic carbocycles. The van der Waals surface area contributed by atoms with E-state index in [-0.39, 0.29) is 29.5 Å². The number of nitrogens with zero attached hydrogens (tertiary/aromatic N) is 2. The molecule has 0 saturated heterocycles. The lowest BCUT2D eigenvalue weighted by atomic mass is 9.78. The molecule has 3 atom stereocenters. The van der Waals surface area contributed by atoms with Crippen LogP contribution < -0.4 is 5.32 Å². The summed E-state index contributed by atoms with van der Waals surface area (Å²) in [4.78, 5) is 51.5. The molecule has 0 fully saturated rings. The standard InChI is InChI=1S/C33H49N3O5/c1-7-12-16-23(9-3)20-25(21-24(10-4)17-13-8-2)30(37)26-18-14-15-19-27(26)35-36-29-22(6)28(33(40)41-11-5)31(38)34-32(29)39/h14-15,18-19,23-25,29H,7-13,16-17,20-21H2,1-6H3,(H,34,38,39). The maximum absolute atomic E-state index is 14.2. The molecule has 41 heavy (non-hydrogen) atoms. The van der Waals surface area contributed by atoms with Crippen LogP contribution in [0.25, 0.3) is 0 Å². The lowest BCUT2D eigenvalue weighted by molar-refractivity contribution is -0.141. The fourth-order valence-corrected chi connectivity index (χ4v) is 5.54. The number of benzene rings is 1. The average molecular weight is 568 g/mol. The second-order valence-electron chi connectivity index (χ2n) is 11.1. The first-order valence-electron chi connectivity index (χ1n) is 15.5. The summed E-state index contributed by atoms with van der Waals surface area (Å²) in [5, 5.41) is 10.7. The van der Waals surface area contributed by atoms with Gasteiger partial charge in [-0.3, -0.25) is 19.7 Å². The molecule has 1 aliphatic rings. The minimum atomic E-state index is -1.18. The van der Waals surface area contributed by atoms with Crippen LogP contribution in [0.15, 0.2) is 45.6 Å². The van der Waals surface area contributed by atoms with Crippen molar-refractivity contribution >= 4 is 29.3 Å². The average Bonchev–Trinajstić information content (AvgIpc) is 2.96. The fourth-order valence-electron chi connectivity index (χ4n) is 5.54. The van der Waals surface area contributed by atoms with Crippen LogP contribution in [-0.2, 0) is 19.1 Å². The van der Waals surface area contributed by atoms with Crippen LogP contribution in [0.1, 0.15) is 116 Å². The second-order valence-corrected chi connectivity index (χ2v) is 11.1. The molecule has 226 valence electrons. The van der Waals surface area contributed by atoms with Crippen LogP contribution in [0.5, 0.6) is 0 Å². The zero-order valence-electron chi connectivity index (χ0n) is 25.8. The maximum atomic E-state index is 14.2. The summed E-state index contributed by atoms with van der Waals surface area (Å²) >= 11 is 0. The zero-order valence-corrected chi connectivity index (χ0v) is 25.8. The van der Waals surface area contributed by atoms with Gasteiger partial charge >= 0.3 is 5.97 Å². The van der Waals surface area contributed by atoms with Crippen LogP contribution in [0.4, 0.5) is 5.69 Å². The van der Waals surface area contributed by atoms with Gasteiger partial charge in [-0.2, -0.15) is 10.2 Å². The largest absolute Gasteiger partial charge is 0.462 e.